The first-order chi connectivity index (χ1) is 11.7. The van der Waals surface area contributed by atoms with Gasteiger partial charge in [0.15, 0.2) is 0 Å². The molecule has 2 aromatic carbocycles. The first-order valence-electron chi connectivity index (χ1n) is 8.50. The van der Waals surface area contributed by atoms with Gasteiger partial charge < -0.3 is 9.64 Å². The zero-order valence-corrected chi connectivity index (χ0v) is 13.9. The zero-order valence-electron chi connectivity index (χ0n) is 13.9. The fourth-order valence-corrected chi connectivity index (χ4v) is 3.92. The van der Waals surface area contributed by atoms with E-state index in [2.05, 4.69) is 30.8 Å². The third-order valence-electron chi connectivity index (χ3n) is 5.08. The highest BCUT2D eigenvalue weighted by Gasteiger charge is 2.37. The van der Waals surface area contributed by atoms with Crippen molar-refractivity contribution in [3.63, 3.8) is 0 Å². The lowest BCUT2D eigenvalue weighted by molar-refractivity contribution is 0.0710. The Balaban J connectivity index is 1.62. The van der Waals surface area contributed by atoms with Crippen molar-refractivity contribution in [2.24, 2.45) is 0 Å². The van der Waals surface area contributed by atoms with Crippen molar-refractivity contribution < 1.29 is 9.53 Å². The number of hydrogen-bond donors (Lipinski definition) is 0. The van der Waals surface area contributed by atoms with Crippen molar-refractivity contribution >= 4 is 11.7 Å². The molecule has 1 heterocycles. The monoisotopic (exact) mass is 319 g/mol. The summed E-state index contributed by atoms with van der Waals surface area (Å²) < 4.78 is 5.58. The van der Waals surface area contributed by atoms with Gasteiger partial charge in [0.2, 0.25) is 0 Å². The molecule has 0 atom stereocenters. The Bertz CT molecular complexity index is 799. The highest BCUT2D eigenvalue weighted by Crippen LogP contribution is 2.35. The minimum atomic E-state index is 0.133. The summed E-state index contributed by atoms with van der Waals surface area (Å²) in [5.74, 6) is 0.785. The molecular weight excluding hydrogens is 298 g/mol. The normalized spacial score (nSPS) is 16.2. The van der Waals surface area contributed by atoms with Gasteiger partial charge in [0.05, 0.1) is 6.61 Å². The summed E-state index contributed by atoms with van der Waals surface area (Å²) in [5, 5.41) is 0. The lowest BCUT2D eigenvalue weighted by atomic mass is 10.0. The van der Waals surface area contributed by atoms with Gasteiger partial charge in [-0.25, -0.2) is 0 Å². The molecule has 122 valence electrons. The van der Waals surface area contributed by atoms with Gasteiger partial charge in [-0.2, -0.15) is 0 Å². The van der Waals surface area contributed by atoms with Crippen LogP contribution in [-0.2, 0) is 24.1 Å². The predicted octanol–water partition coefficient (Wildman–Crippen LogP) is 3.82. The Morgan fingerprint density at radius 2 is 1.88 bits per heavy atom. The maximum Gasteiger partial charge on any atom is 0.254 e. The molecule has 1 amide bonds. The summed E-state index contributed by atoms with van der Waals surface area (Å²) in [7, 11) is 0. The molecule has 4 rings (SSSR count). The second-order valence-electron chi connectivity index (χ2n) is 6.45. The van der Waals surface area contributed by atoms with Crippen molar-refractivity contribution in [1.29, 1.82) is 0 Å². The van der Waals surface area contributed by atoms with Crippen molar-refractivity contribution in [2.45, 2.75) is 32.4 Å². The van der Waals surface area contributed by atoms with Crippen molar-refractivity contribution in [3.8, 4) is 0 Å². The van der Waals surface area contributed by atoms with E-state index in [9.17, 15) is 4.79 Å². The number of carbonyl (C=O) groups excluding carboxylic acids is 1. The SMILES string of the molecule is C=C(OCC)c1cccc2c1CN(C1Cc3ccccc3C1)C2=O. The topological polar surface area (TPSA) is 29.5 Å². The minimum Gasteiger partial charge on any atom is -0.494 e. The largest absolute Gasteiger partial charge is 0.494 e. The molecule has 2 aromatic rings. The first kappa shape index (κ1) is 15.0. The van der Waals surface area contributed by atoms with Gasteiger partial charge in [-0.3, -0.25) is 4.79 Å². The lowest BCUT2D eigenvalue weighted by Crippen LogP contribution is -2.36. The molecule has 0 radical (unpaired) electrons. The van der Waals surface area contributed by atoms with Crippen LogP contribution in [0.25, 0.3) is 5.76 Å². The summed E-state index contributed by atoms with van der Waals surface area (Å²) in [6.07, 6.45) is 1.88. The first-order valence-corrected chi connectivity index (χ1v) is 8.50. The van der Waals surface area contributed by atoms with Crippen LogP contribution in [0.5, 0.6) is 0 Å². The molecule has 24 heavy (non-hydrogen) atoms. The van der Waals surface area contributed by atoms with Crippen LogP contribution in [0.1, 0.15) is 39.5 Å². The van der Waals surface area contributed by atoms with E-state index in [1.807, 2.05) is 30.0 Å². The van der Waals surface area contributed by atoms with Gasteiger partial charge >= 0.3 is 0 Å². The number of amides is 1. The Hall–Kier alpha value is -2.55. The van der Waals surface area contributed by atoms with Crippen LogP contribution in [-0.4, -0.2) is 23.5 Å². The van der Waals surface area contributed by atoms with E-state index in [1.54, 1.807) is 0 Å². The molecule has 0 saturated carbocycles. The number of ether oxygens (including phenoxy) is 1. The molecule has 3 nitrogen and oxygen atoms in total. The van der Waals surface area contributed by atoms with Crippen LogP contribution in [0, 0.1) is 0 Å². The van der Waals surface area contributed by atoms with E-state index >= 15 is 0 Å². The van der Waals surface area contributed by atoms with E-state index in [4.69, 9.17) is 4.74 Å². The van der Waals surface area contributed by atoms with Gasteiger partial charge in [0.1, 0.15) is 5.76 Å². The Morgan fingerprint density at radius 3 is 2.54 bits per heavy atom. The number of hydrogen-bond acceptors (Lipinski definition) is 2. The maximum absolute atomic E-state index is 12.9. The minimum absolute atomic E-state index is 0.133. The third kappa shape index (κ3) is 2.32. The van der Waals surface area contributed by atoms with Crippen LogP contribution in [0.4, 0.5) is 0 Å². The molecule has 0 saturated heterocycles. The van der Waals surface area contributed by atoms with Crippen LogP contribution in [0.3, 0.4) is 0 Å². The number of fused-ring (bicyclic) bond motifs is 2. The fraction of sp³-hybridized carbons (Fsp3) is 0.286. The standard InChI is InChI=1S/C21H21NO2/c1-3-24-14(2)18-9-6-10-19-20(18)13-22(21(19)23)17-11-15-7-4-5-8-16(15)12-17/h4-10,17H,2-3,11-13H2,1H3. The molecule has 0 spiro atoms. The molecule has 0 bridgehead atoms. The van der Waals surface area contributed by atoms with Gasteiger partial charge in [0.25, 0.3) is 5.91 Å². The second-order valence-corrected chi connectivity index (χ2v) is 6.45. The fourth-order valence-electron chi connectivity index (χ4n) is 3.92. The van der Waals surface area contributed by atoms with Crippen molar-refractivity contribution in [3.05, 3.63) is 76.9 Å². The smallest absolute Gasteiger partial charge is 0.254 e. The number of nitrogens with zero attached hydrogens (tertiary/aromatic N) is 1. The highest BCUT2D eigenvalue weighted by molar-refractivity contribution is 6.00. The third-order valence-corrected chi connectivity index (χ3v) is 5.08. The Kier molecular flexibility index (Phi) is 3.64. The summed E-state index contributed by atoms with van der Waals surface area (Å²) in [6.45, 7) is 7.20. The summed E-state index contributed by atoms with van der Waals surface area (Å²) in [6, 6.07) is 14.6. The van der Waals surface area contributed by atoms with Crippen LogP contribution < -0.4 is 0 Å². The zero-order chi connectivity index (χ0) is 16.7. The average molecular weight is 319 g/mol. The van der Waals surface area contributed by atoms with E-state index in [1.165, 1.54) is 11.1 Å². The molecule has 0 fully saturated rings. The van der Waals surface area contributed by atoms with Gasteiger partial charge in [-0.05, 0) is 42.5 Å². The van der Waals surface area contributed by atoms with E-state index in [0.717, 1.165) is 29.5 Å². The average Bonchev–Trinajstić information content (AvgIpc) is 3.16. The number of rotatable bonds is 4. The highest BCUT2D eigenvalue weighted by atomic mass is 16.5. The Labute approximate surface area is 142 Å². The number of carbonyl (C=O) groups is 1. The molecule has 3 heteroatoms. The van der Waals surface area contributed by atoms with Gasteiger partial charge in [-0.15, -0.1) is 0 Å². The summed E-state index contributed by atoms with van der Waals surface area (Å²) in [4.78, 5) is 14.9. The van der Waals surface area contributed by atoms with E-state index in [-0.39, 0.29) is 11.9 Å². The van der Waals surface area contributed by atoms with Gasteiger partial charge in [0, 0.05) is 23.7 Å². The van der Waals surface area contributed by atoms with E-state index in [0.29, 0.717) is 18.9 Å². The number of benzene rings is 2. The molecule has 2 aliphatic rings. The van der Waals surface area contributed by atoms with Crippen LogP contribution in [0.15, 0.2) is 49.0 Å². The second kappa shape index (κ2) is 5.82. The summed E-state index contributed by atoms with van der Waals surface area (Å²) in [5.41, 5.74) is 5.54. The molecule has 0 N–H and O–H groups in total. The predicted molar refractivity (Wildman–Crippen MR) is 94.6 cm³/mol. The van der Waals surface area contributed by atoms with Crippen molar-refractivity contribution in [2.75, 3.05) is 6.61 Å². The Morgan fingerprint density at radius 1 is 1.17 bits per heavy atom. The molecule has 0 unspecified atom stereocenters. The molecule has 1 aliphatic carbocycles. The molecular formula is C21H21NO2. The van der Waals surface area contributed by atoms with E-state index < -0.39 is 0 Å². The van der Waals surface area contributed by atoms with Crippen molar-refractivity contribution in [1.82, 2.24) is 4.90 Å². The van der Waals surface area contributed by atoms with Gasteiger partial charge in [-0.1, -0.05) is 43.0 Å². The maximum atomic E-state index is 12.9. The summed E-state index contributed by atoms with van der Waals surface area (Å²) >= 11 is 0. The quantitative estimate of drug-likeness (QED) is 0.802. The lowest BCUT2D eigenvalue weighted by Gasteiger charge is -2.23. The molecule has 1 aliphatic heterocycles. The van der Waals surface area contributed by atoms with Crippen LogP contribution in [0.2, 0.25) is 0 Å². The van der Waals surface area contributed by atoms with Crippen LogP contribution >= 0.6 is 0 Å². The molecule has 0 aromatic heterocycles.